The fourth-order valence-electron chi connectivity index (χ4n) is 2.02. The van der Waals surface area contributed by atoms with Gasteiger partial charge in [-0.2, -0.15) is 0 Å². The Bertz CT molecular complexity index is 885. The van der Waals surface area contributed by atoms with Gasteiger partial charge in [-0.25, -0.2) is 4.39 Å². The predicted octanol–water partition coefficient (Wildman–Crippen LogP) is 4.22. The second-order valence-corrected chi connectivity index (χ2v) is 6.07. The molecule has 7 heteroatoms. The van der Waals surface area contributed by atoms with Gasteiger partial charge >= 0.3 is 0 Å². The Morgan fingerprint density at radius 3 is 2.62 bits per heavy atom. The second kappa shape index (κ2) is 5.57. The number of H-pyrrole nitrogens is 2. The molecule has 0 aliphatic rings. The number of aromatic amines is 2. The summed E-state index contributed by atoms with van der Waals surface area (Å²) >= 11 is 7.16. The number of benzene rings is 2. The number of halogens is 2. The molecule has 0 aliphatic carbocycles. The van der Waals surface area contributed by atoms with Crippen LogP contribution in [0.25, 0.3) is 11.0 Å². The van der Waals surface area contributed by atoms with Crippen molar-refractivity contribution >= 4 is 57.4 Å². The SMILES string of the molecule is O=C(Nc1ccc(I)cc1)c1cc(F)cc2[nH]c(=S)[nH]c12. The third-order valence-electron chi connectivity index (χ3n) is 2.94. The maximum absolute atomic E-state index is 13.6. The zero-order valence-corrected chi connectivity index (χ0v) is 13.5. The van der Waals surface area contributed by atoms with Crippen molar-refractivity contribution in [3.63, 3.8) is 0 Å². The van der Waals surface area contributed by atoms with E-state index in [9.17, 15) is 9.18 Å². The molecule has 0 spiro atoms. The fraction of sp³-hybridized carbons (Fsp3) is 0. The van der Waals surface area contributed by atoms with E-state index in [1.54, 1.807) is 12.1 Å². The highest BCUT2D eigenvalue weighted by Gasteiger charge is 2.14. The van der Waals surface area contributed by atoms with Gasteiger partial charge in [0, 0.05) is 9.26 Å². The molecular weight excluding hydrogens is 404 g/mol. The number of fused-ring (bicyclic) bond motifs is 1. The number of hydrogen-bond donors (Lipinski definition) is 3. The van der Waals surface area contributed by atoms with Crippen LogP contribution in [0.4, 0.5) is 10.1 Å². The van der Waals surface area contributed by atoms with Gasteiger partial charge in [0.1, 0.15) is 5.82 Å². The number of amides is 1. The van der Waals surface area contributed by atoms with Crippen LogP contribution >= 0.6 is 34.8 Å². The first-order valence-corrected chi connectivity index (χ1v) is 7.50. The summed E-state index contributed by atoms with van der Waals surface area (Å²) in [6.07, 6.45) is 0. The lowest BCUT2D eigenvalue weighted by Crippen LogP contribution is -2.12. The highest BCUT2D eigenvalue weighted by atomic mass is 127. The van der Waals surface area contributed by atoms with E-state index in [-0.39, 0.29) is 5.56 Å². The lowest BCUT2D eigenvalue weighted by atomic mass is 10.1. The number of carbonyl (C=O) groups is 1. The van der Waals surface area contributed by atoms with Crippen molar-refractivity contribution in [3.8, 4) is 0 Å². The van der Waals surface area contributed by atoms with Gasteiger partial charge in [0.15, 0.2) is 4.77 Å². The Balaban J connectivity index is 2.01. The molecule has 0 atom stereocenters. The normalized spacial score (nSPS) is 10.8. The van der Waals surface area contributed by atoms with Crippen LogP contribution in [0.15, 0.2) is 36.4 Å². The number of rotatable bonds is 2. The zero-order chi connectivity index (χ0) is 15.0. The largest absolute Gasteiger partial charge is 0.331 e. The highest BCUT2D eigenvalue weighted by Crippen LogP contribution is 2.20. The van der Waals surface area contributed by atoms with Crippen LogP contribution in [0, 0.1) is 14.2 Å². The zero-order valence-electron chi connectivity index (χ0n) is 10.5. The van der Waals surface area contributed by atoms with Crippen LogP contribution in [0.1, 0.15) is 10.4 Å². The van der Waals surface area contributed by atoms with E-state index in [1.807, 2.05) is 12.1 Å². The number of nitrogens with one attached hydrogen (secondary N) is 3. The molecule has 1 aromatic heterocycles. The summed E-state index contributed by atoms with van der Waals surface area (Å²) < 4.78 is 15.0. The molecule has 2 aromatic carbocycles. The second-order valence-electron chi connectivity index (χ2n) is 4.42. The van der Waals surface area contributed by atoms with E-state index in [4.69, 9.17) is 12.2 Å². The van der Waals surface area contributed by atoms with Gasteiger partial charge in [-0.15, -0.1) is 0 Å². The van der Waals surface area contributed by atoms with Gasteiger partial charge in [0.05, 0.1) is 16.6 Å². The monoisotopic (exact) mass is 413 g/mol. The molecule has 0 aliphatic heterocycles. The Labute approximate surface area is 137 Å². The Hall–Kier alpha value is -1.74. The smallest absolute Gasteiger partial charge is 0.257 e. The maximum Gasteiger partial charge on any atom is 0.257 e. The number of anilines is 1. The van der Waals surface area contributed by atoms with E-state index in [2.05, 4.69) is 37.9 Å². The average Bonchev–Trinajstić information content (AvgIpc) is 2.80. The van der Waals surface area contributed by atoms with E-state index < -0.39 is 11.7 Å². The van der Waals surface area contributed by atoms with Gasteiger partial charge in [-0.1, -0.05) is 0 Å². The third kappa shape index (κ3) is 2.98. The molecule has 0 saturated heterocycles. The first-order chi connectivity index (χ1) is 10.0. The first kappa shape index (κ1) is 14.2. The number of hydrogen-bond acceptors (Lipinski definition) is 2. The molecule has 106 valence electrons. The summed E-state index contributed by atoms with van der Waals surface area (Å²) in [7, 11) is 0. The van der Waals surface area contributed by atoms with E-state index in [0.29, 0.717) is 21.5 Å². The molecule has 0 bridgehead atoms. The lowest BCUT2D eigenvalue weighted by Gasteiger charge is -2.06. The average molecular weight is 413 g/mol. The van der Waals surface area contributed by atoms with Crippen LogP contribution in [0.2, 0.25) is 0 Å². The summed E-state index contributed by atoms with van der Waals surface area (Å²) in [5.41, 5.74) is 1.81. The molecule has 21 heavy (non-hydrogen) atoms. The van der Waals surface area contributed by atoms with E-state index >= 15 is 0 Å². The number of imidazole rings is 1. The standard InChI is InChI=1S/C14H9FIN3OS/c15-7-5-10(12-11(6-7)18-14(21)19-12)13(20)17-9-3-1-8(16)2-4-9/h1-6H,(H,17,20)(H2,18,19,21). The summed E-state index contributed by atoms with van der Waals surface area (Å²) in [4.78, 5) is 18.0. The van der Waals surface area contributed by atoms with E-state index in [1.165, 1.54) is 12.1 Å². The summed E-state index contributed by atoms with van der Waals surface area (Å²) in [6.45, 7) is 0. The first-order valence-electron chi connectivity index (χ1n) is 6.01. The molecular formula is C14H9FIN3OS. The van der Waals surface area contributed by atoms with Gasteiger partial charge < -0.3 is 15.3 Å². The fourth-order valence-corrected chi connectivity index (χ4v) is 2.59. The minimum absolute atomic E-state index is 0.205. The minimum atomic E-state index is -0.500. The molecule has 0 unspecified atom stereocenters. The van der Waals surface area contributed by atoms with Crippen LogP contribution in [-0.4, -0.2) is 15.9 Å². The molecule has 3 aromatic rings. The van der Waals surface area contributed by atoms with Crippen molar-refractivity contribution in [1.29, 1.82) is 0 Å². The van der Waals surface area contributed by atoms with Crippen molar-refractivity contribution in [2.24, 2.45) is 0 Å². The summed E-state index contributed by atoms with van der Waals surface area (Å²) in [5, 5.41) is 2.74. The Morgan fingerprint density at radius 1 is 1.19 bits per heavy atom. The molecule has 1 amide bonds. The summed E-state index contributed by atoms with van der Waals surface area (Å²) in [5.74, 6) is -0.897. The quantitative estimate of drug-likeness (QED) is 0.435. The molecule has 0 saturated carbocycles. The number of aromatic nitrogens is 2. The Kier molecular flexibility index (Phi) is 3.77. The molecule has 0 radical (unpaired) electrons. The number of carbonyl (C=O) groups excluding carboxylic acids is 1. The van der Waals surface area contributed by atoms with Crippen molar-refractivity contribution in [1.82, 2.24) is 9.97 Å². The molecule has 4 nitrogen and oxygen atoms in total. The molecule has 3 N–H and O–H groups in total. The van der Waals surface area contributed by atoms with E-state index in [0.717, 1.165) is 3.57 Å². The van der Waals surface area contributed by atoms with Gasteiger partial charge in [-0.3, -0.25) is 4.79 Å². The predicted molar refractivity (Wildman–Crippen MR) is 90.6 cm³/mol. The van der Waals surface area contributed by atoms with Crippen molar-refractivity contribution in [2.75, 3.05) is 5.32 Å². The van der Waals surface area contributed by atoms with Crippen molar-refractivity contribution in [3.05, 3.63) is 56.1 Å². The van der Waals surface area contributed by atoms with Crippen LogP contribution < -0.4 is 5.32 Å². The topological polar surface area (TPSA) is 60.7 Å². The molecule has 1 heterocycles. The maximum atomic E-state index is 13.6. The summed E-state index contributed by atoms with van der Waals surface area (Å²) in [6, 6.07) is 9.81. The van der Waals surface area contributed by atoms with Crippen LogP contribution in [-0.2, 0) is 0 Å². The van der Waals surface area contributed by atoms with Crippen molar-refractivity contribution < 1.29 is 9.18 Å². The van der Waals surface area contributed by atoms with Crippen LogP contribution in [0.3, 0.4) is 0 Å². The van der Waals surface area contributed by atoms with Crippen LogP contribution in [0.5, 0.6) is 0 Å². The molecule has 0 fully saturated rings. The third-order valence-corrected chi connectivity index (χ3v) is 3.86. The van der Waals surface area contributed by atoms with Gasteiger partial charge in [-0.05, 0) is 71.2 Å². The minimum Gasteiger partial charge on any atom is -0.331 e. The lowest BCUT2D eigenvalue weighted by molar-refractivity contribution is 0.102. The molecule has 3 rings (SSSR count). The Morgan fingerprint density at radius 2 is 1.90 bits per heavy atom. The highest BCUT2D eigenvalue weighted by molar-refractivity contribution is 14.1. The van der Waals surface area contributed by atoms with Gasteiger partial charge in [0.2, 0.25) is 0 Å². The van der Waals surface area contributed by atoms with Crippen molar-refractivity contribution in [2.45, 2.75) is 0 Å². The van der Waals surface area contributed by atoms with Gasteiger partial charge in [0.25, 0.3) is 5.91 Å².